The molecule has 0 unspecified atom stereocenters. The van der Waals surface area contributed by atoms with Crippen molar-refractivity contribution in [2.24, 2.45) is 9.98 Å². The van der Waals surface area contributed by atoms with E-state index in [2.05, 4.69) is 9.98 Å². The van der Waals surface area contributed by atoms with Crippen LogP contribution in [0.5, 0.6) is 23.0 Å². The van der Waals surface area contributed by atoms with Gasteiger partial charge in [-0.05, 0) is 37.1 Å². The molecular formula is C21H26N2O5. The Morgan fingerprint density at radius 2 is 1.25 bits per heavy atom. The molecule has 0 amide bonds. The largest absolute Gasteiger partial charge is 0.504 e. The topological polar surface area (TPSA) is 104 Å². The third kappa shape index (κ3) is 5.99. The van der Waals surface area contributed by atoms with Crippen LogP contribution < -0.4 is 9.47 Å². The first-order chi connectivity index (χ1) is 13.6. The van der Waals surface area contributed by atoms with Crippen LogP contribution in [0.2, 0.25) is 0 Å². The van der Waals surface area contributed by atoms with Gasteiger partial charge in [-0.25, -0.2) is 0 Å². The number of hydrogen-bond donors (Lipinski definition) is 3. The Morgan fingerprint density at radius 3 is 1.64 bits per heavy atom. The van der Waals surface area contributed by atoms with E-state index >= 15 is 0 Å². The Hall–Kier alpha value is -3.06. The summed E-state index contributed by atoms with van der Waals surface area (Å²) in [6.45, 7) is 0.858. The van der Waals surface area contributed by atoms with Crippen molar-refractivity contribution in [3.8, 4) is 23.0 Å². The molecule has 0 spiro atoms. The molecule has 0 aliphatic rings. The van der Waals surface area contributed by atoms with Crippen LogP contribution >= 0.6 is 0 Å². The highest BCUT2D eigenvalue weighted by Crippen LogP contribution is 2.28. The van der Waals surface area contributed by atoms with Gasteiger partial charge in [-0.15, -0.1) is 0 Å². The van der Waals surface area contributed by atoms with Crippen molar-refractivity contribution in [2.45, 2.75) is 18.9 Å². The second kappa shape index (κ2) is 10.9. The fraction of sp³-hybridized carbons (Fsp3) is 0.333. The number of benzene rings is 2. The summed E-state index contributed by atoms with van der Waals surface area (Å²) in [4.78, 5) is 8.48. The molecule has 0 atom stereocenters. The molecule has 2 aromatic rings. The second-order valence-electron chi connectivity index (χ2n) is 6.10. The molecule has 0 heterocycles. The third-order valence-corrected chi connectivity index (χ3v) is 4.14. The van der Waals surface area contributed by atoms with Crippen molar-refractivity contribution in [1.29, 1.82) is 0 Å². The average Bonchev–Trinajstić information content (AvgIpc) is 2.70. The quantitative estimate of drug-likeness (QED) is 0.545. The molecular weight excluding hydrogens is 360 g/mol. The monoisotopic (exact) mass is 386 g/mol. The Kier molecular flexibility index (Phi) is 8.30. The summed E-state index contributed by atoms with van der Waals surface area (Å²) in [7, 11) is 2.98. The van der Waals surface area contributed by atoms with Gasteiger partial charge in [-0.2, -0.15) is 0 Å². The number of para-hydroxylation sites is 2. The summed E-state index contributed by atoms with van der Waals surface area (Å²) in [6, 6.07) is 10.4. The van der Waals surface area contributed by atoms with E-state index < -0.39 is 6.10 Å². The maximum atomic E-state index is 10.0. The van der Waals surface area contributed by atoms with E-state index in [0.29, 0.717) is 48.6 Å². The maximum absolute atomic E-state index is 10.0. The zero-order valence-electron chi connectivity index (χ0n) is 16.1. The minimum atomic E-state index is -0.535. The van der Waals surface area contributed by atoms with Crippen LogP contribution in [0.1, 0.15) is 24.0 Å². The van der Waals surface area contributed by atoms with E-state index in [4.69, 9.17) is 9.47 Å². The molecule has 0 aromatic heterocycles. The molecule has 0 radical (unpaired) electrons. The zero-order chi connectivity index (χ0) is 20.4. The van der Waals surface area contributed by atoms with Crippen molar-refractivity contribution in [3.63, 3.8) is 0 Å². The van der Waals surface area contributed by atoms with Gasteiger partial charge in [-0.3, -0.25) is 9.98 Å². The summed E-state index contributed by atoms with van der Waals surface area (Å²) in [5.41, 5.74) is 1.13. The van der Waals surface area contributed by atoms with Gasteiger partial charge < -0.3 is 24.8 Å². The summed E-state index contributed by atoms with van der Waals surface area (Å²) in [5, 5.41) is 30.0. The fourth-order valence-corrected chi connectivity index (χ4v) is 2.53. The lowest BCUT2D eigenvalue weighted by Crippen LogP contribution is -2.09. The number of hydrogen-bond acceptors (Lipinski definition) is 7. The Balaban J connectivity index is 1.75. The van der Waals surface area contributed by atoms with Crippen LogP contribution in [0.4, 0.5) is 0 Å². The lowest BCUT2D eigenvalue weighted by Gasteiger charge is -2.07. The van der Waals surface area contributed by atoms with E-state index in [9.17, 15) is 15.3 Å². The first-order valence-electron chi connectivity index (χ1n) is 8.96. The van der Waals surface area contributed by atoms with E-state index in [-0.39, 0.29) is 11.5 Å². The summed E-state index contributed by atoms with van der Waals surface area (Å²) < 4.78 is 10.1. The maximum Gasteiger partial charge on any atom is 0.166 e. The van der Waals surface area contributed by atoms with E-state index in [1.807, 2.05) is 0 Å². The molecule has 2 aromatic carbocycles. The molecule has 150 valence electrons. The summed E-state index contributed by atoms with van der Waals surface area (Å²) in [5.74, 6) is 0.877. The van der Waals surface area contributed by atoms with Crippen molar-refractivity contribution in [2.75, 3.05) is 27.3 Å². The predicted octanol–water partition coefficient (Wildman–Crippen LogP) is 2.79. The normalized spacial score (nSPS) is 12.5. The van der Waals surface area contributed by atoms with Crippen molar-refractivity contribution in [3.05, 3.63) is 47.5 Å². The number of methoxy groups -OCH3 is 2. The molecule has 0 saturated carbocycles. The van der Waals surface area contributed by atoms with Gasteiger partial charge in [0.15, 0.2) is 23.0 Å². The molecule has 0 bridgehead atoms. The number of aliphatic hydroxyl groups is 1. The number of aliphatic hydroxyl groups excluding tert-OH is 1. The minimum Gasteiger partial charge on any atom is -0.504 e. The number of rotatable bonds is 10. The van der Waals surface area contributed by atoms with Crippen LogP contribution in [0.25, 0.3) is 0 Å². The summed E-state index contributed by atoms with van der Waals surface area (Å²) >= 11 is 0. The number of nitrogens with zero attached hydrogens (tertiary/aromatic N) is 2. The van der Waals surface area contributed by atoms with Crippen LogP contribution in [-0.2, 0) is 0 Å². The van der Waals surface area contributed by atoms with Crippen molar-refractivity contribution >= 4 is 12.4 Å². The number of aromatic hydroxyl groups is 2. The first-order valence-corrected chi connectivity index (χ1v) is 8.96. The number of phenolic OH excluding ortho intramolecular Hbond substituents is 2. The molecule has 0 fully saturated rings. The molecule has 0 saturated heterocycles. The Morgan fingerprint density at radius 1 is 0.821 bits per heavy atom. The van der Waals surface area contributed by atoms with E-state index in [1.165, 1.54) is 14.2 Å². The first kappa shape index (κ1) is 21.2. The van der Waals surface area contributed by atoms with Crippen LogP contribution in [0.3, 0.4) is 0 Å². The number of ether oxygens (including phenoxy) is 2. The van der Waals surface area contributed by atoms with Crippen LogP contribution in [0.15, 0.2) is 46.4 Å². The molecule has 7 nitrogen and oxygen atoms in total. The SMILES string of the molecule is COc1cccc(C=NCCC(O)CCN=Cc2cccc(OC)c2O)c1O. The van der Waals surface area contributed by atoms with Gasteiger partial charge in [0, 0.05) is 36.6 Å². The van der Waals surface area contributed by atoms with Crippen molar-refractivity contribution < 1.29 is 24.8 Å². The smallest absolute Gasteiger partial charge is 0.166 e. The molecule has 0 aliphatic carbocycles. The number of phenols is 2. The van der Waals surface area contributed by atoms with Gasteiger partial charge in [-0.1, -0.05) is 12.1 Å². The van der Waals surface area contributed by atoms with E-state index in [0.717, 1.165) is 0 Å². The lowest BCUT2D eigenvalue weighted by atomic mass is 10.2. The minimum absolute atomic E-state index is 0.0458. The van der Waals surface area contributed by atoms with Gasteiger partial charge in [0.2, 0.25) is 0 Å². The Labute approximate surface area is 164 Å². The van der Waals surface area contributed by atoms with Gasteiger partial charge in [0.25, 0.3) is 0 Å². The molecule has 2 rings (SSSR count). The average molecular weight is 386 g/mol. The fourth-order valence-electron chi connectivity index (χ4n) is 2.53. The number of aliphatic imine (C=N–C) groups is 2. The molecule has 7 heteroatoms. The lowest BCUT2D eigenvalue weighted by molar-refractivity contribution is 0.160. The molecule has 3 N–H and O–H groups in total. The summed E-state index contributed by atoms with van der Waals surface area (Å²) in [6.07, 6.45) is 3.57. The highest BCUT2D eigenvalue weighted by atomic mass is 16.5. The molecule has 0 aliphatic heterocycles. The standard InChI is InChI=1S/C21H26N2O5/c1-27-18-7-3-5-15(20(18)25)13-22-11-9-17(24)10-12-23-14-16-6-4-8-19(28-2)21(16)26/h3-8,13-14,17,24-26H,9-12H2,1-2H3. The van der Waals surface area contributed by atoms with Crippen molar-refractivity contribution in [1.82, 2.24) is 0 Å². The second-order valence-corrected chi connectivity index (χ2v) is 6.10. The predicted molar refractivity (Wildman–Crippen MR) is 109 cm³/mol. The Bertz CT molecular complexity index is 753. The third-order valence-electron chi connectivity index (χ3n) is 4.14. The highest BCUT2D eigenvalue weighted by Gasteiger charge is 2.06. The zero-order valence-corrected chi connectivity index (χ0v) is 16.1. The van der Waals surface area contributed by atoms with Gasteiger partial charge in [0.05, 0.1) is 20.3 Å². The van der Waals surface area contributed by atoms with E-state index in [1.54, 1.807) is 48.8 Å². The van der Waals surface area contributed by atoms with Crippen LogP contribution in [-0.4, -0.2) is 61.2 Å². The van der Waals surface area contributed by atoms with Gasteiger partial charge in [0.1, 0.15) is 0 Å². The van der Waals surface area contributed by atoms with Crippen LogP contribution in [0, 0.1) is 0 Å². The highest BCUT2D eigenvalue weighted by molar-refractivity contribution is 5.85. The molecule has 28 heavy (non-hydrogen) atoms. The van der Waals surface area contributed by atoms with Gasteiger partial charge >= 0.3 is 0 Å².